The van der Waals surface area contributed by atoms with Gasteiger partial charge in [0, 0.05) is 16.6 Å². The average Bonchev–Trinajstić information content (AvgIpc) is 3.06. The van der Waals surface area contributed by atoms with Gasteiger partial charge in [0.2, 0.25) is 0 Å². The molecule has 5 heteroatoms. The number of carbonyl (C=O) groups is 1. The number of hydrogen-bond acceptors (Lipinski definition) is 3. The highest BCUT2D eigenvalue weighted by Gasteiger charge is 2.53. The first-order chi connectivity index (χ1) is 13.9. The number of rotatable bonds is 5. The predicted molar refractivity (Wildman–Crippen MR) is 118 cm³/mol. The Morgan fingerprint density at radius 1 is 0.897 bits per heavy atom. The number of carboxylic acid groups (broad SMARTS) is 1. The first-order valence-electron chi connectivity index (χ1n) is 9.27. The number of aliphatic carboxylic acids is 1. The smallest absolute Gasteiger partial charge is 0.333 e. The molecule has 0 aliphatic heterocycles. The molecule has 3 N–H and O–H groups in total. The molecule has 0 heterocycles. The van der Waals surface area contributed by atoms with Gasteiger partial charge >= 0.3 is 5.97 Å². The molecule has 1 aliphatic carbocycles. The topological polar surface area (TPSA) is 69.6 Å². The Labute approximate surface area is 177 Å². The number of anilines is 1. The summed E-state index contributed by atoms with van der Waals surface area (Å²) in [5, 5.41) is 25.1. The zero-order valence-corrected chi connectivity index (χ0v) is 17.1. The minimum Gasteiger partial charge on any atom is -0.479 e. The summed E-state index contributed by atoms with van der Waals surface area (Å²) in [4.78, 5) is 12.5. The standard InChI is InChI=1S/C24H20BrNO3/c25-19-11-13-20(14-12-19)26-23(22(27)28)15-21(17-7-3-1-4-8-17)24(29,16-23)18-9-5-2-6-10-18/h1-15,26,29H,16H2,(H,27,28)/t23-,24+/m0/s1. The third kappa shape index (κ3) is 3.59. The minimum atomic E-state index is -1.45. The monoisotopic (exact) mass is 449 g/mol. The van der Waals surface area contributed by atoms with Crippen LogP contribution in [0, 0.1) is 0 Å². The Kier molecular flexibility index (Phi) is 5.03. The van der Waals surface area contributed by atoms with Crippen molar-refractivity contribution in [1.29, 1.82) is 0 Å². The predicted octanol–water partition coefficient (Wildman–Crippen LogP) is 5.06. The van der Waals surface area contributed by atoms with E-state index in [4.69, 9.17) is 0 Å². The number of benzene rings is 3. The lowest BCUT2D eigenvalue weighted by Crippen LogP contribution is -2.46. The Hall–Kier alpha value is -2.89. The van der Waals surface area contributed by atoms with Gasteiger partial charge in [-0.25, -0.2) is 4.79 Å². The molecule has 0 unspecified atom stereocenters. The van der Waals surface area contributed by atoms with Crippen LogP contribution >= 0.6 is 15.9 Å². The second kappa shape index (κ2) is 7.50. The highest BCUT2D eigenvalue weighted by molar-refractivity contribution is 9.10. The average molecular weight is 450 g/mol. The summed E-state index contributed by atoms with van der Waals surface area (Å²) in [6.45, 7) is 0. The van der Waals surface area contributed by atoms with Gasteiger partial charge in [0.1, 0.15) is 5.60 Å². The third-order valence-electron chi connectivity index (χ3n) is 5.30. The fraction of sp³-hybridized carbons (Fsp3) is 0.125. The lowest BCUT2D eigenvalue weighted by atomic mass is 9.82. The Morgan fingerprint density at radius 3 is 2.07 bits per heavy atom. The van der Waals surface area contributed by atoms with Gasteiger partial charge in [-0.05, 0) is 47.0 Å². The molecule has 1 aliphatic rings. The molecule has 0 saturated heterocycles. The number of carboxylic acids is 1. The normalized spacial score (nSPS) is 23.4. The van der Waals surface area contributed by atoms with Crippen LogP contribution in [-0.2, 0) is 10.4 Å². The number of halogens is 1. The van der Waals surface area contributed by atoms with E-state index in [1.165, 1.54) is 0 Å². The van der Waals surface area contributed by atoms with E-state index in [9.17, 15) is 15.0 Å². The van der Waals surface area contributed by atoms with Gasteiger partial charge in [-0.3, -0.25) is 0 Å². The molecule has 4 nitrogen and oxygen atoms in total. The Balaban J connectivity index is 1.86. The van der Waals surface area contributed by atoms with E-state index in [1.807, 2.05) is 84.9 Å². The van der Waals surface area contributed by atoms with Crippen molar-refractivity contribution in [3.8, 4) is 0 Å². The minimum absolute atomic E-state index is 0.0281. The summed E-state index contributed by atoms with van der Waals surface area (Å²) in [7, 11) is 0. The van der Waals surface area contributed by atoms with Gasteiger partial charge in [-0.2, -0.15) is 0 Å². The molecule has 0 bridgehead atoms. The van der Waals surface area contributed by atoms with E-state index in [-0.39, 0.29) is 6.42 Å². The highest BCUT2D eigenvalue weighted by Crippen LogP contribution is 2.50. The molecule has 0 aromatic heterocycles. The number of aliphatic hydroxyl groups is 1. The van der Waals surface area contributed by atoms with Crippen molar-refractivity contribution in [3.63, 3.8) is 0 Å². The summed E-state index contributed by atoms with van der Waals surface area (Å²) < 4.78 is 0.903. The summed E-state index contributed by atoms with van der Waals surface area (Å²) in [5.41, 5.74) is -0.198. The van der Waals surface area contributed by atoms with E-state index >= 15 is 0 Å². The molecular formula is C24H20BrNO3. The van der Waals surface area contributed by atoms with Crippen LogP contribution in [0.1, 0.15) is 17.5 Å². The Bertz CT molecular complexity index is 1050. The zero-order chi connectivity index (χ0) is 20.5. The van der Waals surface area contributed by atoms with E-state index in [0.717, 1.165) is 10.0 Å². The SMILES string of the molecule is O=C(O)[C@]1(Nc2ccc(Br)cc2)C=C(c2ccccc2)[C@](O)(c2ccccc2)C1. The maximum absolute atomic E-state index is 12.5. The zero-order valence-electron chi connectivity index (χ0n) is 15.5. The lowest BCUT2D eigenvalue weighted by molar-refractivity contribution is -0.141. The van der Waals surface area contributed by atoms with E-state index in [2.05, 4.69) is 21.2 Å². The highest BCUT2D eigenvalue weighted by atomic mass is 79.9. The number of hydrogen-bond donors (Lipinski definition) is 3. The second-order valence-corrected chi connectivity index (χ2v) is 8.15. The van der Waals surface area contributed by atoms with Crippen molar-refractivity contribution in [2.24, 2.45) is 0 Å². The molecule has 0 fully saturated rings. The van der Waals surface area contributed by atoms with E-state index in [0.29, 0.717) is 16.8 Å². The van der Waals surface area contributed by atoms with Crippen molar-refractivity contribution in [2.75, 3.05) is 5.32 Å². The van der Waals surface area contributed by atoms with Crippen molar-refractivity contribution in [2.45, 2.75) is 17.6 Å². The molecule has 0 spiro atoms. The fourth-order valence-electron chi connectivity index (χ4n) is 3.89. The van der Waals surface area contributed by atoms with Crippen LogP contribution < -0.4 is 5.32 Å². The van der Waals surface area contributed by atoms with E-state index in [1.54, 1.807) is 6.08 Å². The van der Waals surface area contributed by atoms with Crippen LogP contribution in [0.3, 0.4) is 0 Å². The molecule has 3 aromatic carbocycles. The van der Waals surface area contributed by atoms with Crippen LogP contribution in [0.4, 0.5) is 5.69 Å². The molecule has 0 saturated carbocycles. The van der Waals surface area contributed by atoms with Crippen LogP contribution in [0.2, 0.25) is 0 Å². The lowest BCUT2D eigenvalue weighted by Gasteiger charge is -2.32. The third-order valence-corrected chi connectivity index (χ3v) is 5.83. The summed E-state index contributed by atoms with van der Waals surface area (Å²) in [6, 6.07) is 26.0. The van der Waals surface area contributed by atoms with Crippen LogP contribution in [-0.4, -0.2) is 21.7 Å². The van der Waals surface area contributed by atoms with Crippen molar-refractivity contribution < 1.29 is 15.0 Å². The van der Waals surface area contributed by atoms with Crippen molar-refractivity contribution in [1.82, 2.24) is 0 Å². The molecular weight excluding hydrogens is 430 g/mol. The molecule has 0 amide bonds. The molecule has 0 radical (unpaired) electrons. The van der Waals surface area contributed by atoms with Gasteiger partial charge < -0.3 is 15.5 Å². The Morgan fingerprint density at radius 2 is 1.48 bits per heavy atom. The van der Waals surface area contributed by atoms with Gasteiger partial charge in [0.05, 0.1) is 0 Å². The van der Waals surface area contributed by atoms with Crippen LogP contribution in [0.25, 0.3) is 5.57 Å². The van der Waals surface area contributed by atoms with Gasteiger partial charge in [-0.1, -0.05) is 76.6 Å². The van der Waals surface area contributed by atoms with E-state index < -0.39 is 17.1 Å². The maximum atomic E-state index is 12.5. The largest absolute Gasteiger partial charge is 0.479 e. The maximum Gasteiger partial charge on any atom is 0.333 e. The van der Waals surface area contributed by atoms with Crippen LogP contribution in [0.5, 0.6) is 0 Å². The van der Waals surface area contributed by atoms with Crippen LogP contribution in [0.15, 0.2) is 95.5 Å². The fourth-order valence-corrected chi connectivity index (χ4v) is 4.15. The first kappa shape index (κ1) is 19.4. The molecule has 3 aromatic rings. The first-order valence-corrected chi connectivity index (χ1v) is 10.1. The molecule has 4 rings (SSSR count). The molecule has 2 atom stereocenters. The molecule has 146 valence electrons. The number of nitrogens with one attached hydrogen (secondary N) is 1. The second-order valence-electron chi connectivity index (χ2n) is 7.24. The summed E-state index contributed by atoms with van der Waals surface area (Å²) in [6.07, 6.45) is 1.62. The molecule has 29 heavy (non-hydrogen) atoms. The van der Waals surface area contributed by atoms with Crippen molar-refractivity contribution >= 4 is 33.2 Å². The summed E-state index contributed by atoms with van der Waals surface area (Å²) >= 11 is 3.39. The van der Waals surface area contributed by atoms with Gasteiger partial charge in [-0.15, -0.1) is 0 Å². The summed E-state index contributed by atoms with van der Waals surface area (Å²) in [5.74, 6) is -1.04. The van der Waals surface area contributed by atoms with Crippen molar-refractivity contribution in [3.05, 3.63) is 107 Å². The van der Waals surface area contributed by atoms with Gasteiger partial charge in [0.25, 0.3) is 0 Å². The quantitative estimate of drug-likeness (QED) is 0.509. The van der Waals surface area contributed by atoms with Gasteiger partial charge in [0.15, 0.2) is 5.54 Å².